The Kier molecular flexibility index (Phi) is 19.4. The van der Waals surface area contributed by atoms with Crippen LogP contribution in [0.25, 0.3) is 0 Å². The third-order valence-electron chi connectivity index (χ3n) is 9.21. The molecule has 3 rings (SSSR count). The Morgan fingerprint density at radius 2 is 1.28 bits per heavy atom. The number of benzene rings is 1. The number of imide groups is 1. The molecule has 0 unspecified atom stereocenters. The normalized spacial score (nSPS) is 11.7. The lowest BCUT2D eigenvalue weighted by molar-refractivity contribution is -0.118. The molecule has 3 amide bonds. The molecular weight excluding hydrogens is 723 g/mol. The highest BCUT2D eigenvalue weighted by Gasteiger charge is 2.34. The number of aryl methyl sites for hydroxylation is 3. The molecule has 1 N–H and O–H groups in total. The van der Waals surface area contributed by atoms with Crippen molar-refractivity contribution in [3.05, 3.63) is 59.2 Å². The minimum atomic E-state index is -0.879. The van der Waals surface area contributed by atoms with Crippen LogP contribution in [-0.4, -0.2) is 66.3 Å². The number of amides is 3. The van der Waals surface area contributed by atoms with Crippen LogP contribution >= 0.6 is 0 Å². The number of rotatable bonds is 23. The zero-order valence-electron chi connectivity index (χ0n) is 36.0. The summed E-state index contributed by atoms with van der Waals surface area (Å²) in [6.07, 6.45) is 17.4. The number of nitrogens with one attached hydrogen (secondary N) is 1. The van der Waals surface area contributed by atoms with Crippen molar-refractivity contribution in [2.45, 2.75) is 182 Å². The van der Waals surface area contributed by atoms with Gasteiger partial charge in [-0.1, -0.05) is 89.0 Å². The Labute approximate surface area is 340 Å². The quantitative estimate of drug-likeness (QED) is 0.0926. The standard InChI is InChI=1S/C44H69N7O6/c1-9-11-13-14-15-16-21-25-38(52)51(42(55)57-44(6,7)8)40-46-36(33-50(40)41(54)56-43(3,4)5)23-19-17-20-24-37-32-49(48-47-37)31-30-45-39(53)35-28-26-34(27-29-35)22-18-12-10-2/h26-29,32-33H,9-25,30-31H2,1-8H3,(H,45,53). The van der Waals surface area contributed by atoms with Crippen LogP contribution < -0.4 is 10.2 Å². The SMILES string of the molecule is CCCCCCCCCC(=O)N(C(=O)OC(C)(C)C)c1nc(CCCCCc2cn(CCNC(=O)c3ccc(CCCCC)cc3)nn2)cn1C(=O)OC(C)(C)C. The number of nitrogens with zero attached hydrogens (tertiary/aromatic N) is 6. The fourth-order valence-corrected chi connectivity index (χ4v) is 6.23. The molecule has 0 atom stereocenters. The number of hydrogen-bond acceptors (Lipinski definition) is 9. The highest BCUT2D eigenvalue weighted by molar-refractivity contribution is 6.11. The first kappa shape index (κ1) is 46.8. The van der Waals surface area contributed by atoms with Gasteiger partial charge in [0.15, 0.2) is 0 Å². The number of hydrogen-bond donors (Lipinski definition) is 1. The summed E-state index contributed by atoms with van der Waals surface area (Å²) < 4.78 is 14.2. The van der Waals surface area contributed by atoms with Gasteiger partial charge in [-0.3, -0.25) is 14.3 Å². The van der Waals surface area contributed by atoms with Gasteiger partial charge in [0, 0.05) is 30.9 Å². The van der Waals surface area contributed by atoms with Crippen molar-refractivity contribution in [3.8, 4) is 0 Å². The van der Waals surface area contributed by atoms with Crippen LogP contribution in [0, 0.1) is 0 Å². The maximum atomic E-state index is 13.7. The van der Waals surface area contributed by atoms with Gasteiger partial charge in [0.2, 0.25) is 11.9 Å². The van der Waals surface area contributed by atoms with Gasteiger partial charge in [-0.05, 0) is 104 Å². The molecule has 2 heterocycles. The Morgan fingerprint density at radius 1 is 0.702 bits per heavy atom. The predicted molar refractivity (Wildman–Crippen MR) is 223 cm³/mol. The largest absolute Gasteiger partial charge is 0.443 e. The molecule has 316 valence electrons. The molecule has 57 heavy (non-hydrogen) atoms. The van der Waals surface area contributed by atoms with E-state index < -0.39 is 29.3 Å². The number of anilines is 1. The molecule has 0 radical (unpaired) electrons. The minimum absolute atomic E-state index is 0.105. The molecule has 0 aliphatic heterocycles. The smallest absolute Gasteiger partial charge is 0.424 e. The highest BCUT2D eigenvalue weighted by atomic mass is 16.6. The van der Waals surface area contributed by atoms with E-state index in [1.54, 1.807) is 52.4 Å². The Hall–Kier alpha value is -4.55. The fourth-order valence-electron chi connectivity index (χ4n) is 6.23. The van der Waals surface area contributed by atoms with Crippen molar-refractivity contribution in [3.63, 3.8) is 0 Å². The molecule has 0 spiro atoms. The first-order valence-corrected chi connectivity index (χ1v) is 21.2. The van der Waals surface area contributed by atoms with Gasteiger partial charge in [0.25, 0.3) is 5.91 Å². The molecule has 2 aromatic heterocycles. The van der Waals surface area contributed by atoms with E-state index in [1.807, 2.05) is 30.5 Å². The van der Waals surface area contributed by atoms with Crippen LogP contribution in [0.1, 0.15) is 173 Å². The summed E-state index contributed by atoms with van der Waals surface area (Å²) in [7, 11) is 0. The first-order chi connectivity index (χ1) is 27.1. The van der Waals surface area contributed by atoms with E-state index in [4.69, 9.17) is 9.47 Å². The van der Waals surface area contributed by atoms with E-state index >= 15 is 0 Å². The van der Waals surface area contributed by atoms with E-state index in [1.165, 1.54) is 37.7 Å². The Balaban J connectivity index is 1.57. The van der Waals surface area contributed by atoms with Crippen molar-refractivity contribution >= 4 is 29.9 Å². The number of unbranched alkanes of at least 4 members (excludes halogenated alkanes) is 10. The molecule has 0 aliphatic rings. The third kappa shape index (κ3) is 17.6. The van der Waals surface area contributed by atoms with Crippen molar-refractivity contribution in [1.29, 1.82) is 0 Å². The fraction of sp³-hybridized carbons (Fsp3) is 0.659. The van der Waals surface area contributed by atoms with Crippen molar-refractivity contribution in [2.24, 2.45) is 0 Å². The van der Waals surface area contributed by atoms with Crippen molar-refractivity contribution in [1.82, 2.24) is 29.9 Å². The number of imidazole rings is 1. The molecule has 13 heteroatoms. The second-order valence-corrected chi connectivity index (χ2v) is 16.9. The monoisotopic (exact) mass is 792 g/mol. The summed E-state index contributed by atoms with van der Waals surface area (Å²) in [6.45, 7) is 15.8. The van der Waals surface area contributed by atoms with Crippen LogP contribution in [0.5, 0.6) is 0 Å². The van der Waals surface area contributed by atoms with E-state index in [0.29, 0.717) is 37.2 Å². The average Bonchev–Trinajstić information content (AvgIpc) is 3.77. The molecule has 13 nitrogen and oxygen atoms in total. The molecule has 0 bridgehead atoms. The van der Waals surface area contributed by atoms with Crippen molar-refractivity contribution in [2.75, 3.05) is 11.4 Å². The Morgan fingerprint density at radius 3 is 1.93 bits per heavy atom. The zero-order valence-corrected chi connectivity index (χ0v) is 36.0. The summed E-state index contributed by atoms with van der Waals surface area (Å²) in [5, 5.41) is 11.5. The van der Waals surface area contributed by atoms with E-state index in [0.717, 1.165) is 72.9 Å². The maximum absolute atomic E-state index is 13.7. The van der Waals surface area contributed by atoms with Crippen LogP contribution in [0.15, 0.2) is 36.7 Å². The summed E-state index contributed by atoms with van der Waals surface area (Å²) in [4.78, 5) is 58.9. The zero-order chi connectivity index (χ0) is 41.8. The van der Waals surface area contributed by atoms with Gasteiger partial charge < -0.3 is 14.8 Å². The highest BCUT2D eigenvalue weighted by Crippen LogP contribution is 2.24. The van der Waals surface area contributed by atoms with Gasteiger partial charge in [-0.2, -0.15) is 4.90 Å². The molecule has 0 saturated carbocycles. The van der Waals surface area contributed by atoms with E-state index in [2.05, 4.69) is 34.5 Å². The second kappa shape index (κ2) is 23.6. The number of ether oxygens (including phenoxy) is 2. The van der Waals surface area contributed by atoms with Crippen LogP contribution in [-0.2, 0) is 40.1 Å². The predicted octanol–water partition coefficient (Wildman–Crippen LogP) is 9.78. The number of carbonyl (C=O) groups excluding carboxylic acids is 4. The topological polar surface area (TPSA) is 151 Å². The molecule has 1 aromatic carbocycles. The van der Waals surface area contributed by atoms with Crippen LogP contribution in [0.4, 0.5) is 15.5 Å². The first-order valence-electron chi connectivity index (χ1n) is 21.2. The van der Waals surface area contributed by atoms with Gasteiger partial charge in [0.1, 0.15) is 11.2 Å². The summed E-state index contributed by atoms with van der Waals surface area (Å²) in [5.41, 5.74) is 1.64. The van der Waals surface area contributed by atoms with E-state index in [9.17, 15) is 19.2 Å². The molecule has 3 aromatic rings. The lowest BCUT2D eigenvalue weighted by atomic mass is 10.1. The molecule has 0 aliphatic carbocycles. The van der Waals surface area contributed by atoms with Crippen LogP contribution in [0.3, 0.4) is 0 Å². The maximum Gasteiger partial charge on any atom is 0.424 e. The third-order valence-corrected chi connectivity index (χ3v) is 9.21. The van der Waals surface area contributed by atoms with Crippen molar-refractivity contribution < 1.29 is 28.7 Å². The summed E-state index contributed by atoms with van der Waals surface area (Å²) in [6, 6.07) is 7.83. The van der Waals surface area contributed by atoms with Gasteiger partial charge in [0.05, 0.1) is 17.9 Å². The van der Waals surface area contributed by atoms with Crippen LogP contribution in [0.2, 0.25) is 0 Å². The number of carbonyl (C=O) groups is 4. The molecular formula is C44H69N7O6. The molecule has 0 saturated heterocycles. The van der Waals surface area contributed by atoms with Gasteiger partial charge >= 0.3 is 12.2 Å². The van der Waals surface area contributed by atoms with E-state index in [-0.39, 0.29) is 18.3 Å². The summed E-state index contributed by atoms with van der Waals surface area (Å²) >= 11 is 0. The average molecular weight is 792 g/mol. The lowest BCUT2D eigenvalue weighted by Crippen LogP contribution is -2.43. The summed E-state index contributed by atoms with van der Waals surface area (Å²) in [5.74, 6) is -0.700. The van der Waals surface area contributed by atoms with Gasteiger partial charge in [-0.15, -0.1) is 5.10 Å². The Bertz CT molecular complexity index is 1680. The molecule has 0 fully saturated rings. The van der Waals surface area contributed by atoms with Gasteiger partial charge in [-0.25, -0.2) is 19.1 Å². The number of aromatic nitrogens is 5. The second-order valence-electron chi connectivity index (χ2n) is 16.9. The lowest BCUT2D eigenvalue weighted by Gasteiger charge is -2.26. The minimum Gasteiger partial charge on any atom is -0.443 e.